The molecular formula is C36H37F3N2. The van der Waals surface area contributed by atoms with E-state index in [1.807, 2.05) is 0 Å². The van der Waals surface area contributed by atoms with Crippen molar-refractivity contribution in [2.75, 3.05) is 19.6 Å². The summed E-state index contributed by atoms with van der Waals surface area (Å²) in [6, 6.07) is 25.1. The lowest BCUT2D eigenvalue weighted by molar-refractivity contribution is -0.137. The van der Waals surface area contributed by atoms with Gasteiger partial charge >= 0.3 is 6.18 Å². The Balaban J connectivity index is 1.30. The van der Waals surface area contributed by atoms with Gasteiger partial charge in [-0.15, -0.1) is 0 Å². The van der Waals surface area contributed by atoms with Crippen LogP contribution in [0.5, 0.6) is 0 Å². The van der Waals surface area contributed by atoms with E-state index in [4.69, 9.17) is 0 Å². The van der Waals surface area contributed by atoms with E-state index in [2.05, 4.69) is 78.6 Å². The average molecular weight is 555 g/mol. The Morgan fingerprint density at radius 1 is 0.780 bits per heavy atom. The van der Waals surface area contributed by atoms with Crippen LogP contribution >= 0.6 is 0 Å². The number of nitriles is 1. The molecule has 0 radical (unpaired) electrons. The molecule has 1 heterocycles. The zero-order valence-corrected chi connectivity index (χ0v) is 23.7. The lowest BCUT2D eigenvalue weighted by Gasteiger charge is -2.32. The van der Waals surface area contributed by atoms with Crippen molar-refractivity contribution in [3.8, 4) is 6.07 Å². The van der Waals surface area contributed by atoms with E-state index in [0.29, 0.717) is 18.4 Å². The average Bonchev–Trinajstić information content (AvgIpc) is 3.16. The maximum absolute atomic E-state index is 13.5. The molecule has 1 atom stereocenters. The second kappa shape index (κ2) is 12.5. The highest BCUT2D eigenvalue weighted by Gasteiger charge is 2.36. The molecular weight excluding hydrogens is 517 g/mol. The third kappa shape index (κ3) is 6.34. The lowest BCUT2D eigenvalue weighted by Crippen LogP contribution is -2.33. The van der Waals surface area contributed by atoms with Gasteiger partial charge in [-0.25, -0.2) is 0 Å². The largest absolute Gasteiger partial charge is 0.416 e. The highest BCUT2D eigenvalue weighted by Crippen LogP contribution is 2.40. The van der Waals surface area contributed by atoms with Crippen molar-refractivity contribution in [3.63, 3.8) is 0 Å². The maximum Gasteiger partial charge on any atom is 0.416 e. The molecule has 0 bridgehead atoms. The molecule has 1 unspecified atom stereocenters. The number of alkyl halides is 3. The fraction of sp³-hybridized carbons (Fsp3) is 0.361. The third-order valence-corrected chi connectivity index (χ3v) is 8.71. The molecule has 3 aromatic carbocycles. The molecule has 0 N–H and O–H groups in total. The summed E-state index contributed by atoms with van der Waals surface area (Å²) in [6.07, 6.45) is 5.56. The Hall–Kier alpha value is -3.62. The Morgan fingerprint density at radius 3 is 1.95 bits per heavy atom. The highest BCUT2D eigenvalue weighted by atomic mass is 19.4. The Kier molecular flexibility index (Phi) is 8.80. The van der Waals surface area contributed by atoms with Gasteiger partial charge in [0.15, 0.2) is 0 Å². The summed E-state index contributed by atoms with van der Waals surface area (Å²) in [7, 11) is 0. The normalized spacial score (nSPS) is 16.9. The van der Waals surface area contributed by atoms with Crippen molar-refractivity contribution < 1.29 is 13.2 Å². The van der Waals surface area contributed by atoms with Crippen LogP contribution in [0.2, 0.25) is 0 Å². The van der Waals surface area contributed by atoms with Crippen molar-refractivity contribution in [2.24, 2.45) is 0 Å². The molecule has 0 spiro atoms. The van der Waals surface area contributed by atoms with Gasteiger partial charge in [0, 0.05) is 13.1 Å². The van der Waals surface area contributed by atoms with Gasteiger partial charge in [0.05, 0.1) is 17.0 Å². The van der Waals surface area contributed by atoms with Gasteiger partial charge in [0.1, 0.15) is 0 Å². The number of rotatable bonds is 8. The number of likely N-dealkylation sites (tertiary alicyclic amines) is 1. The highest BCUT2D eigenvalue weighted by molar-refractivity contribution is 5.94. The molecule has 1 aliphatic carbocycles. The quantitative estimate of drug-likeness (QED) is 0.217. The SMILES string of the molecule is CCCCC(C#N)(CCCN1CCC(=C2c3ccccc3C=Cc3ccccc32)CC1)c1cccc(C(F)(F)F)c1. The first-order valence-electron chi connectivity index (χ1n) is 14.7. The summed E-state index contributed by atoms with van der Waals surface area (Å²) in [5.41, 5.74) is 6.79. The van der Waals surface area contributed by atoms with E-state index >= 15 is 0 Å². The zero-order valence-electron chi connectivity index (χ0n) is 23.7. The molecule has 5 rings (SSSR count). The molecule has 41 heavy (non-hydrogen) atoms. The van der Waals surface area contributed by atoms with Crippen LogP contribution in [0.4, 0.5) is 13.2 Å². The van der Waals surface area contributed by atoms with Crippen LogP contribution < -0.4 is 0 Å². The summed E-state index contributed by atoms with van der Waals surface area (Å²) < 4.78 is 40.4. The second-order valence-electron chi connectivity index (χ2n) is 11.3. The molecule has 1 aliphatic heterocycles. The van der Waals surface area contributed by atoms with E-state index in [-0.39, 0.29) is 0 Å². The fourth-order valence-corrected chi connectivity index (χ4v) is 6.41. The van der Waals surface area contributed by atoms with E-state index in [1.54, 1.807) is 6.07 Å². The Morgan fingerprint density at radius 2 is 1.37 bits per heavy atom. The Labute approximate surface area is 241 Å². The van der Waals surface area contributed by atoms with Crippen molar-refractivity contribution in [1.29, 1.82) is 5.26 Å². The summed E-state index contributed by atoms with van der Waals surface area (Å²) in [5.74, 6) is 0. The fourth-order valence-electron chi connectivity index (χ4n) is 6.41. The van der Waals surface area contributed by atoms with Gasteiger partial charge < -0.3 is 4.90 Å². The first-order chi connectivity index (χ1) is 19.8. The number of unbranched alkanes of at least 4 members (excludes halogenated alkanes) is 1. The Bertz CT molecular complexity index is 1410. The van der Waals surface area contributed by atoms with Crippen LogP contribution in [0, 0.1) is 11.3 Å². The lowest BCUT2D eigenvalue weighted by atomic mass is 9.73. The predicted octanol–water partition coefficient (Wildman–Crippen LogP) is 9.52. The van der Waals surface area contributed by atoms with Gasteiger partial charge in [-0.1, -0.05) is 104 Å². The molecule has 1 saturated heterocycles. The topological polar surface area (TPSA) is 27.0 Å². The molecule has 2 aliphatic rings. The smallest absolute Gasteiger partial charge is 0.303 e. The van der Waals surface area contributed by atoms with E-state index in [0.717, 1.165) is 57.8 Å². The molecule has 5 heteroatoms. The number of fused-ring (bicyclic) bond motifs is 2. The monoisotopic (exact) mass is 554 g/mol. The van der Waals surface area contributed by atoms with Gasteiger partial charge in [-0.2, -0.15) is 18.4 Å². The summed E-state index contributed by atoms with van der Waals surface area (Å²) in [6.45, 7) is 4.77. The van der Waals surface area contributed by atoms with Crippen LogP contribution in [0.25, 0.3) is 17.7 Å². The van der Waals surface area contributed by atoms with Crippen molar-refractivity contribution in [2.45, 2.75) is 63.5 Å². The number of hydrogen-bond donors (Lipinski definition) is 0. The van der Waals surface area contributed by atoms with Gasteiger partial charge in [-0.3, -0.25) is 0 Å². The van der Waals surface area contributed by atoms with E-state index in [9.17, 15) is 18.4 Å². The molecule has 0 aromatic heterocycles. The molecule has 0 saturated carbocycles. The zero-order chi connectivity index (χ0) is 28.9. The summed E-state index contributed by atoms with van der Waals surface area (Å²) in [4.78, 5) is 2.45. The van der Waals surface area contributed by atoms with Crippen LogP contribution in [0.1, 0.15) is 85.3 Å². The molecule has 212 valence electrons. The van der Waals surface area contributed by atoms with Crippen molar-refractivity contribution in [3.05, 3.63) is 112 Å². The van der Waals surface area contributed by atoms with Gasteiger partial charge in [-0.05, 0) is 78.1 Å². The molecule has 2 nitrogen and oxygen atoms in total. The second-order valence-corrected chi connectivity index (χ2v) is 11.3. The first kappa shape index (κ1) is 28.9. The number of nitrogens with zero attached hydrogens (tertiary/aromatic N) is 2. The van der Waals surface area contributed by atoms with Crippen LogP contribution in [0.3, 0.4) is 0 Å². The summed E-state index contributed by atoms with van der Waals surface area (Å²) in [5, 5.41) is 10.3. The van der Waals surface area contributed by atoms with Crippen LogP contribution in [-0.2, 0) is 11.6 Å². The molecule has 3 aromatic rings. The van der Waals surface area contributed by atoms with Crippen molar-refractivity contribution in [1.82, 2.24) is 4.90 Å². The minimum absolute atomic E-state index is 0.494. The number of hydrogen-bond acceptors (Lipinski definition) is 2. The molecule has 0 amide bonds. The standard InChI is InChI=1S/C36H37F3N2/c1-2-3-20-35(26-40,30-12-8-13-31(25-30)36(37,38)39)21-9-22-41-23-18-29(19-24-41)34-32-14-6-4-10-27(32)16-17-28-11-5-7-15-33(28)34/h4-8,10-17,25H,2-3,9,18-24H2,1H3. The van der Waals surface area contributed by atoms with Crippen LogP contribution in [0.15, 0.2) is 78.4 Å². The van der Waals surface area contributed by atoms with Crippen LogP contribution in [-0.4, -0.2) is 24.5 Å². The minimum Gasteiger partial charge on any atom is -0.303 e. The summed E-state index contributed by atoms with van der Waals surface area (Å²) >= 11 is 0. The molecule has 1 fully saturated rings. The van der Waals surface area contributed by atoms with Gasteiger partial charge in [0.2, 0.25) is 0 Å². The number of halogens is 3. The maximum atomic E-state index is 13.5. The first-order valence-corrected chi connectivity index (χ1v) is 14.7. The minimum atomic E-state index is -4.42. The number of piperidine rings is 1. The van der Waals surface area contributed by atoms with Crippen molar-refractivity contribution >= 4 is 17.7 Å². The van der Waals surface area contributed by atoms with Gasteiger partial charge in [0.25, 0.3) is 0 Å². The third-order valence-electron chi connectivity index (χ3n) is 8.71. The van der Waals surface area contributed by atoms with E-state index in [1.165, 1.54) is 45.5 Å². The van der Waals surface area contributed by atoms with E-state index < -0.39 is 17.2 Å². The number of benzene rings is 3. The predicted molar refractivity (Wildman–Crippen MR) is 161 cm³/mol.